The first-order chi connectivity index (χ1) is 8.63. The van der Waals surface area contributed by atoms with Crippen LogP contribution in [-0.4, -0.2) is 32.0 Å². The van der Waals surface area contributed by atoms with E-state index in [-0.39, 0.29) is 0 Å². The Morgan fingerprint density at radius 2 is 2.39 bits per heavy atom. The third kappa shape index (κ3) is 2.40. The molecule has 4 nitrogen and oxygen atoms in total. The summed E-state index contributed by atoms with van der Waals surface area (Å²) in [6.07, 6.45) is 0.114. The van der Waals surface area contributed by atoms with Crippen molar-refractivity contribution in [2.24, 2.45) is 11.1 Å². The predicted octanol–water partition coefficient (Wildman–Crippen LogP) is 1.86. The first kappa shape index (κ1) is 13.8. The van der Waals surface area contributed by atoms with E-state index in [1.165, 1.54) is 0 Å². The highest BCUT2D eigenvalue weighted by Crippen LogP contribution is 2.43. The zero-order valence-corrected chi connectivity index (χ0v) is 11.9. The Bertz CT molecular complexity index is 419. The monoisotopic (exact) mass is 315 g/mol. The molecule has 0 saturated carbocycles. The van der Waals surface area contributed by atoms with Crippen LogP contribution in [0.1, 0.15) is 18.1 Å². The van der Waals surface area contributed by atoms with E-state index in [4.69, 9.17) is 15.2 Å². The van der Waals surface area contributed by atoms with Gasteiger partial charge in [-0.2, -0.15) is 0 Å². The van der Waals surface area contributed by atoms with E-state index in [0.717, 1.165) is 22.2 Å². The van der Waals surface area contributed by atoms with Crippen LogP contribution in [0.25, 0.3) is 0 Å². The molecule has 3 N–H and O–H groups in total. The molecule has 0 radical (unpaired) electrons. The second kappa shape index (κ2) is 5.57. The Kier molecular flexibility index (Phi) is 4.27. The summed E-state index contributed by atoms with van der Waals surface area (Å²) in [5.74, 6) is 0.721. The van der Waals surface area contributed by atoms with E-state index < -0.39 is 11.5 Å². The quantitative estimate of drug-likeness (QED) is 0.890. The molecule has 0 aliphatic carbocycles. The largest absolute Gasteiger partial charge is 0.497 e. The van der Waals surface area contributed by atoms with Crippen LogP contribution in [-0.2, 0) is 4.74 Å². The van der Waals surface area contributed by atoms with E-state index in [1.807, 2.05) is 18.2 Å². The topological polar surface area (TPSA) is 64.7 Å². The van der Waals surface area contributed by atoms with Gasteiger partial charge in [0.1, 0.15) is 5.75 Å². The molecule has 1 saturated heterocycles. The number of hydrogen-bond acceptors (Lipinski definition) is 4. The number of halogens is 1. The van der Waals surface area contributed by atoms with E-state index in [0.29, 0.717) is 19.8 Å². The average Bonchev–Trinajstić information content (AvgIpc) is 2.88. The van der Waals surface area contributed by atoms with Crippen LogP contribution in [0.5, 0.6) is 5.75 Å². The standard InChI is InChI=1S/C13H18BrNO3/c1-17-9-2-3-11(14)10(6-9)12(16)13(7-15)4-5-18-8-13/h2-3,6,12,16H,4-5,7-8,15H2,1H3. The van der Waals surface area contributed by atoms with Gasteiger partial charge in [-0.15, -0.1) is 0 Å². The van der Waals surface area contributed by atoms with Crippen molar-refractivity contribution in [1.29, 1.82) is 0 Å². The molecule has 1 aliphatic rings. The third-order valence-electron chi connectivity index (χ3n) is 3.62. The van der Waals surface area contributed by atoms with Crippen LogP contribution in [0.3, 0.4) is 0 Å². The first-order valence-electron chi connectivity index (χ1n) is 5.92. The summed E-state index contributed by atoms with van der Waals surface area (Å²) in [5, 5.41) is 10.6. The molecular formula is C13H18BrNO3. The molecule has 1 aliphatic heterocycles. The number of aliphatic hydroxyl groups is 1. The number of benzene rings is 1. The van der Waals surface area contributed by atoms with E-state index >= 15 is 0 Å². The summed E-state index contributed by atoms with van der Waals surface area (Å²) in [5.41, 5.74) is 6.24. The van der Waals surface area contributed by atoms with Crippen LogP contribution < -0.4 is 10.5 Å². The zero-order chi connectivity index (χ0) is 13.2. The minimum atomic E-state index is -0.658. The van der Waals surface area contributed by atoms with Gasteiger partial charge in [-0.25, -0.2) is 0 Å². The number of methoxy groups -OCH3 is 1. The molecule has 1 aromatic carbocycles. The minimum absolute atomic E-state index is 0.394. The molecule has 5 heteroatoms. The molecule has 2 rings (SSSR count). The first-order valence-corrected chi connectivity index (χ1v) is 6.71. The molecule has 18 heavy (non-hydrogen) atoms. The normalized spacial score (nSPS) is 25.1. The molecule has 1 aromatic rings. The fourth-order valence-corrected chi connectivity index (χ4v) is 2.76. The lowest BCUT2D eigenvalue weighted by atomic mass is 9.78. The fraction of sp³-hybridized carbons (Fsp3) is 0.538. The van der Waals surface area contributed by atoms with Crippen LogP contribution in [0.2, 0.25) is 0 Å². The molecule has 0 spiro atoms. The third-order valence-corrected chi connectivity index (χ3v) is 4.34. The molecule has 0 amide bonds. The van der Waals surface area contributed by atoms with Crippen LogP contribution >= 0.6 is 15.9 Å². The fourth-order valence-electron chi connectivity index (χ4n) is 2.30. The van der Waals surface area contributed by atoms with Gasteiger partial charge in [-0.05, 0) is 30.2 Å². The maximum atomic E-state index is 10.6. The highest BCUT2D eigenvalue weighted by molar-refractivity contribution is 9.10. The van der Waals surface area contributed by atoms with Crippen molar-refractivity contribution < 1.29 is 14.6 Å². The van der Waals surface area contributed by atoms with Crippen molar-refractivity contribution >= 4 is 15.9 Å². The maximum Gasteiger partial charge on any atom is 0.119 e. The van der Waals surface area contributed by atoms with Crippen molar-refractivity contribution in [3.8, 4) is 5.75 Å². The molecule has 2 atom stereocenters. The van der Waals surface area contributed by atoms with Gasteiger partial charge in [0.15, 0.2) is 0 Å². The molecular weight excluding hydrogens is 298 g/mol. The van der Waals surface area contributed by atoms with Gasteiger partial charge in [0, 0.05) is 23.0 Å². The van der Waals surface area contributed by atoms with Crippen LogP contribution in [0.15, 0.2) is 22.7 Å². The van der Waals surface area contributed by atoms with E-state index in [1.54, 1.807) is 7.11 Å². The lowest BCUT2D eigenvalue weighted by Gasteiger charge is -2.32. The van der Waals surface area contributed by atoms with Crippen LogP contribution in [0, 0.1) is 5.41 Å². The van der Waals surface area contributed by atoms with Crippen molar-refractivity contribution in [2.45, 2.75) is 12.5 Å². The smallest absolute Gasteiger partial charge is 0.119 e. The summed E-state index contributed by atoms with van der Waals surface area (Å²) in [4.78, 5) is 0. The molecule has 1 heterocycles. The molecule has 0 bridgehead atoms. The summed E-state index contributed by atoms with van der Waals surface area (Å²) in [7, 11) is 1.61. The predicted molar refractivity (Wildman–Crippen MR) is 72.6 cm³/mol. The SMILES string of the molecule is COc1ccc(Br)c(C(O)C2(CN)CCOC2)c1. The Morgan fingerprint density at radius 1 is 1.61 bits per heavy atom. The van der Waals surface area contributed by atoms with Gasteiger partial charge in [0.25, 0.3) is 0 Å². The number of nitrogens with two attached hydrogens (primary N) is 1. The van der Waals surface area contributed by atoms with Crippen molar-refractivity contribution in [3.63, 3.8) is 0 Å². The number of rotatable bonds is 4. The Morgan fingerprint density at radius 3 is 2.94 bits per heavy atom. The average molecular weight is 316 g/mol. The van der Waals surface area contributed by atoms with Gasteiger partial charge in [-0.3, -0.25) is 0 Å². The Hall–Kier alpha value is -0.620. The number of aliphatic hydroxyl groups excluding tert-OH is 1. The van der Waals surface area contributed by atoms with Gasteiger partial charge >= 0.3 is 0 Å². The second-order valence-electron chi connectivity index (χ2n) is 4.66. The number of hydrogen-bond donors (Lipinski definition) is 2. The summed E-state index contributed by atoms with van der Waals surface area (Å²) < 4.78 is 11.5. The van der Waals surface area contributed by atoms with Gasteiger partial charge in [-0.1, -0.05) is 15.9 Å². The summed E-state index contributed by atoms with van der Waals surface area (Å²) in [6, 6.07) is 5.56. The number of ether oxygens (including phenoxy) is 2. The van der Waals surface area contributed by atoms with Crippen LogP contribution in [0.4, 0.5) is 0 Å². The molecule has 0 aromatic heterocycles. The lowest BCUT2D eigenvalue weighted by Crippen LogP contribution is -2.37. The maximum absolute atomic E-state index is 10.6. The second-order valence-corrected chi connectivity index (χ2v) is 5.51. The van der Waals surface area contributed by atoms with Gasteiger partial charge < -0.3 is 20.3 Å². The summed E-state index contributed by atoms with van der Waals surface area (Å²) in [6.45, 7) is 1.54. The van der Waals surface area contributed by atoms with Crippen molar-refractivity contribution in [2.75, 3.05) is 26.9 Å². The van der Waals surface area contributed by atoms with Gasteiger partial charge in [0.2, 0.25) is 0 Å². The zero-order valence-electron chi connectivity index (χ0n) is 10.4. The highest BCUT2D eigenvalue weighted by Gasteiger charge is 2.42. The Labute approximate surface area is 115 Å². The molecule has 100 valence electrons. The van der Waals surface area contributed by atoms with Gasteiger partial charge in [0.05, 0.1) is 19.8 Å². The van der Waals surface area contributed by atoms with Crippen molar-refractivity contribution in [1.82, 2.24) is 0 Å². The van der Waals surface area contributed by atoms with Crippen molar-refractivity contribution in [3.05, 3.63) is 28.2 Å². The summed E-state index contributed by atoms with van der Waals surface area (Å²) >= 11 is 3.46. The minimum Gasteiger partial charge on any atom is -0.497 e. The molecule has 1 fully saturated rings. The van der Waals surface area contributed by atoms with E-state index in [9.17, 15) is 5.11 Å². The Balaban J connectivity index is 2.35. The molecule has 2 unspecified atom stereocenters. The lowest BCUT2D eigenvalue weighted by molar-refractivity contribution is 0.0185. The highest BCUT2D eigenvalue weighted by atomic mass is 79.9. The van der Waals surface area contributed by atoms with E-state index in [2.05, 4.69) is 15.9 Å².